The first-order chi connectivity index (χ1) is 47.2. The molecule has 6 aliphatic rings. The van der Waals surface area contributed by atoms with Crippen LogP contribution in [0.5, 0.6) is 23.0 Å². The van der Waals surface area contributed by atoms with Crippen molar-refractivity contribution in [3.05, 3.63) is 144 Å². The first kappa shape index (κ1) is 68.6. The van der Waals surface area contributed by atoms with Crippen LogP contribution in [0.4, 0.5) is 0 Å². The number of H-pyrrole nitrogens is 2. The van der Waals surface area contributed by atoms with E-state index in [1.807, 2.05) is 0 Å². The quantitative estimate of drug-likeness (QED) is 0.0531. The summed E-state index contributed by atoms with van der Waals surface area (Å²) in [5.74, 6) is 0.172. The molecule has 0 radical (unpaired) electrons. The lowest BCUT2D eigenvalue weighted by atomic mass is 9.97. The van der Waals surface area contributed by atoms with Crippen LogP contribution in [0.1, 0.15) is 35.0 Å². The van der Waals surface area contributed by atoms with Crippen LogP contribution in [0, 0.1) is 0 Å². The van der Waals surface area contributed by atoms with Crippen molar-refractivity contribution in [2.45, 2.75) is 135 Å². The molecule has 4 aromatic carbocycles. The van der Waals surface area contributed by atoms with Crippen LogP contribution >= 0.6 is 0 Å². The van der Waals surface area contributed by atoms with E-state index in [0.29, 0.717) is 44.7 Å². The minimum Gasteiger partial charge on any atom is -0.462 e. The van der Waals surface area contributed by atoms with Gasteiger partial charge in [0.15, 0.2) is 0 Å². The van der Waals surface area contributed by atoms with E-state index in [4.69, 9.17) is 47.9 Å². The van der Waals surface area contributed by atoms with E-state index in [2.05, 4.69) is 9.97 Å². The fourth-order valence-corrected chi connectivity index (χ4v) is 12.8. The van der Waals surface area contributed by atoms with Gasteiger partial charge in [-0.25, -0.2) is 4.98 Å². The molecule has 3 aromatic heterocycles. The molecule has 20 N–H and O–H groups in total. The molecule has 0 spiro atoms. The average molecular weight is 1360 g/mol. The first-order valence-electron chi connectivity index (χ1n) is 31.3. The average Bonchev–Trinajstić information content (AvgIpc) is 1.59. The summed E-state index contributed by atoms with van der Waals surface area (Å²) in [6.45, 7) is -2.94. The standard InChI is InChI=1S/C68H72N4O26/c73-23-41-51(77)57(83)61(87)65(95-41)91-31-9-1-5-27(19-31)45-35-13-14-36(69-35)46(28-6-2-10-32(20-28)92-66-62(88)58(84)52(78)42(24-74)96-66)38-16-18-40(71-38)48(30-8-4-12-34(22-30)94-68-64(90)60(86)54(80)44(26-76)98-68)50-56(82)55(81)49(72-50)47(39-17-15-37(45)70-39)29-7-3-11-33(21-29)93-67-63(89)59(85)53(79)43(25-75)97-67/h1-22,41-44,51-68,70-71,73-90H,23-26H2/t41?,42?,43-,44?,51-,52-,53?,54-,55+,56-,57+,58+,59-,60+,61?,62?,63-,64?,65-,66-,67?,68-/m1/s1. The number of nitrogens with one attached hydrogen (secondary N) is 2. The van der Waals surface area contributed by atoms with Gasteiger partial charge < -0.3 is 140 Å². The summed E-state index contributed by atoms with van der Waals surface area (Å²) >= 11 is 0. The minimum absolute atomic E-state index is 0.00786. The van der Waals surface area contributed by atoms with Crippen LogP contribution in [0.15, 0.2) is 121 Å². The highest BCUT2D eigenvalue weighted by molar-refractivity contribution is 5.98. The number of fused-ring (bicyclic) bond motifs is 8. The van der Waals surface area contributed by atoms with Gasteiger partial charge in [0.05, 0.1) is 49.2 Å². The lowest BCUT2D eigenvalue weighted by molar-refractivity contribution is -0.277. The molecule has 13 rings (SSSR count). The zero-order chi connectivity index (χ0) is 69.1. The molecule has 0 aliphatic carbocycles. The third-order valence-electron chi connectivity index (χ3n) is 18.1. The Hall–Kier alpha value is -7.94. The molecule has 9 heterocycles. The van der Waals surface area contributed by atoms with Gasteiger partial charge in [-0.05, 0) is 107 Å². The molecule has 30 nitrogen and oxygen atoms in total. The number of rotatable bonds is 16. The molecule has 0 saturated carbocycles. The van der Waals surface area contributed by atoms with E-state index in [1.54, 1.807) is 97.1 Å². The molecule has 0 amide bonds. The van der Waals surface area contributed by atoms with Crippen molar-refractivity contribution in [2.75, 3.05) is 26.4 Å². The number of ether oxygens (including phenoxy) is 8. The summed E-state index contributed by atoms with van der Waals surface area (Å²) in [7, 11) is 0. The number of hydrogen-bond donors (Lipinski definition) is 20. The highest BCUT2D eigenvalue weighted by Crippen LogP contribution is 2.46. The molecular weight excluding hydrogens is 1290 g/mol. The van der Waals surface area contributed by atoms with Crippen molar-refractivity contribution < 1.29 is 130 Å². The van der Waals surface area contributed by atoms with Crippen molar-refractivity contribution in [3.8, 4) is 67.5 Å². The maximum Gasteiger partial charge on any atom is 0.229 e. The van der Waals surface area contributed by atoms with Crippen LogP contribution in [-0.2, 0) is 18.9 Å². The first-order valence-corrected chi connectivity index (χ1v) is 31.3. The van der Waals surface area contributed by atoms with Gasteiger partial charge in [-0.2, -0.15) is 0 Å². The number of aliphatic hydroxyl groups is 18. The largest absolute Gasteiger partial charge is 0.462 e. The van der Waals surface area contributed by atoms with E-state index < -0.39 is 161 Å². The van der Waals surface area contributed by atoms with E-state index in [1.165, 1.54) is 36.4 Å². The van der Waals surface area contributed by atoms with Crippen molar-refractivity contribution >= 4 is 34.2 Å². The molecule has 98 heavy (non-hydrogen) atoms. The van der Waals surface area contributed by atoms with E-state index in [-0.39, 0.29) is 67.7 Å². The fourth-order valence-electron chi connectivity index (χ4n) is 12.8. The summed E-state index contributed by atoms with van der Waals surface area (Å²) in [6, 6.07) is 32.0. The third-order valence-corrected chi connectivity index (χ3v) is 18.1. The van der Waals surface area contributed by atoms with Gasteiger partial charge in [0.25, 0.3) is 0 Å². The third kappa shape index (κ3) is 12.9. The Morgan fingerprint density at radius 2 is 0.561 bits per heavy atom. The van der Waals surface area contributed by atoms with E-state index >= 15 is 0 Å². The van der Waals surface area contributed by atoms with Crippen LogP contribution in [0.3, 0.4) is 0 Å². The highest BCUT2D eigenvalue weighted by atomic mass is 16.7. The zero-order valence-corrected chi connectivity index (χ0v) is 51.4. The summed E-state index contributed by atoms with van der Waals surface area (Å²) < 4.78 is 47.4. The SMILES string of the molecule is OCC1O[C@@H](Oc2cccc(-c3c4nc(c(-c5cccc(O[C@@H]6OC(CO)[C@@H](O)[C@H](O)C6O)c5)c5ccc([nH]5)c(-c5cccc(OC6O[C@H](CO)C(O)[C@@H](O)[C@H]6O)c5)c5nc(c(-c6cccc(O[C@@H]7OC(CO)[C@@H](O)[C@H](O)C7O)c6)c6ccc3[nH]6)[C@@H](O)[C@H]5O)C=C4)c2)C(O)[C@@H](O)[C@@H]1O. The Balaban J connectivity index is 1.06. The zero-order valence-electron chi connectivity index (χ0n) is 51.4. The number of aliphatic hydroxyl groups excluding tert-OH is 18. The van der Waals surface area contributed by atoms with Gasteiger partial charge in [-0.15, -0.1) is 0 Å². The lowest BCUT2D eigenvalue weighted by Crippen LogP contribution is -2.60. The molecule has 520 valence electrons. The van der Waals surface area contributed by atoms with Crippen LogP contribution in [0.2, 0.25) is 0 Å². The van der Waals surface area contributed by atoms with E-state index in [9.17, 15) is 91.9 Å². The Kier molecular flexibility index (Phi) is 19.8. The normalized spacial score (nSPS) is 32.6. The van der Waals surface area contributed by atoms with Crippen LogP contribution < -0.4 is 18.9 Å². The molecule has 8 unspecified atom stereocenters. The Bertz CT molecular complexity index is 3960. The number of aromatic amines is 2. The molecule has 22 atom stereocenters. The summed E-state index contributed by atoms with van der Waals surface area (Å²) in [4.78, 5) is 17.4. The van der Waals surface area contributed by atoms with Gasteiger partial charge >= 0.3 is 0 Å². The van der Waals surface area contributed by atoms with Crippen molar-refractivity contribution in [3.63, 3.8) is 0 Å². The second kappa shape index (κ2) is 28.4. The summed E-state index contributed by atoms with van der Waals surface area (Å²) in [5.41, 5.74) is 3.86. The van der Waals surface area contributed by atoms with E-state index in [0.717, 1.165) is 0 Å². The maximum atomic E-state index is 12.7. The molecule has 4 saturated heterocycles. The van der Waals surface area contributed by atoms with Gasteiger partial charge in [0.2, 0.25) is 25.2 Å². The molecule has 4 fully saturated rings. The van der Waals surface area contributed by atoms with Crippen LogP contribution in [0.25, 0.3) is 78.7 Å². The molecule has 8 bridgehead atoms. The second-order valence-corrected chi connectivity index (χ2v) is 24.4. The van der Waals surface area contributed by atoms with Crippen LogP contribution in [-0.4, -0.2) is 261 Å². The number of benzene rings is 4. The molecule has 30 heteroatoms. The van der Waals surface area contributed by atoms with Gasteiger partial charge in [0.1, 0.15) is 133 Å². The Morgan fingerprint density at radius 1 is 0.306 bits per heavy atom. The molecule has 6 aliphatic heterocycles. The number of hydrogen-bond acceptors (Lipinski definition) is 28. The summed E-state index contributed by atoms with van der Waals surface area (Å²) in [5, 5.41) is 195. The van der Waals surface area contributed by atoms with Crippen molar-refractivity contribution in [1.82, 2.24) is 19.9 Å². The predicted molar refractivity (Wildman–Crippen MR) is 339 cm³/mol. The lowest BCUT2D eigenvalue weighted by Gasteiger charge is -2.39. The smallest absolute Gasteiger partial charge is 0.229 e. The highest BCUT2D eigenvalue weighted by Gasteiger charge is 2.49. The van der Waals surface area contributed by atoms with Gasteiger partial charge in [-0.3, -0.25) is 4.98 Å². The topological polar surface area (TPSA) is 495 Å². The predicted octanol–water partition coefficient (Wildman–Crippen LogP) is -1.36. The molecular formula is C68H72N4O26. The maximum absolute atomic E-state index is 12.7. The minimum atomic E-state index is -1.86. The fraction of sp³-hybridized carbons (Fsp3) is 0.382. The van der Waals surface area contributed by atoms with Gasteiger partial charge in [0, 0.05) is 44.3 Å². The summed E-state index contributed by atoms with van der Waals surface area (Å²) in [6.07, 6.45) is -33.1. The Morgan fingerprint density at radius 3 is 0.827 bits per heavy atom. The monoisotopic (exact) mass is 1360 g/mol. The number of nitrogens with zero attached hydrogens (tertiary/aromatic N) is 2. The second-order valence-electron chi connectivity index (χ2n) is 24.4. The number of aromatic nitrogens is 4. The molecule has 7 aromatic rings. The van der Waals surface area contributed by atoms with Crippen molar-refractivity contribution in [1.29, 1.82) is 0 Å². The Labute approximate surface area is 555 Å². The van der Waals surface area contributed by atoms with Crippen molar-refractivity contribution in [2.24, 2.45) is 0 Å². The van der Waals surface area contributed by atoms with Gasteiger partial charge in [-0.1, -0.05) is 48.5 Å².